The summed E-state index contributed by atoms with van der Waals surface area (Å²) in [6, 6.07) is 0. The van der Waals surface area contributed by atoms with E-state index in [0.717, 1.165) is 5.69 Å². The first-order chi connectivity index (χ1) is 3.70. The molecule has 1 aromatic rings. The molecule has 1 aromatic heterocycles. The van der Waals surface area contributed by atoms with Gasteiger partial charge in [-0.1, -0.05) is 0 Å². The molecule has 0 aromatic carbocycles. The summed E-state index contributed by atoms with van der Waals surface area (Å²) in [4.78, 5) is 0. The molecule has 0 aliphatic heterocycles. The van der Waals surface area contributed by atoms with Crippen molar-refractivity contribution in [2.24, 2.45) is 0 Å². The van der Waals surface area contributed by atoms with Crippen LogP contribution in [0.4, 0.5) is 0 Å². The summed E-state index contributed by atoms with van der Waals surface area (Å²) in [6.07, 6.45) is 1.87. The molecule has 0 spiro atoms. The fourth-order valence-electron chi connectivity index (χ4n) is 0.528. The molecule has 0 aliphatic rings. The van der Waals surface area contributed by atoms with Crippen LogP contribution in [0.1, 0.15) is 11.3 Å². The molecule has 0 aliphatic carbocycles. The lowest BCUT2D eigenvalue weighted by atomic mass is 10.3. The first-order valence-corrected chi connectivity index (χ1v) is 2.82. The van der Waals surface area contributed by atoms with Gasteiger partial charge >= 0.3 is 0 Å². The van der Waals surface area contributed by atoms with Gasteiger partial charge in [-0.05, 0) is 32.2 Å². The molecular weight excluding hydrogens is 120 g/mol. The van der Waals surface area contributed by atoms with Crippen molar-refractivity contribution < 1.29 is 0 Å². The van der Waals surface area contributed by atoms with E-state index < -0.39 is 0 Å². The average molecular weight is 128 g/mol. The Labute approximate surface area is 54.1 Å². The van der Waals surface area contributed by atoms with E-state index in [1.165, 1.54) is 9.65 Å². The van der Waals surface area contributed by atoms with Crippen LogP contribution < -0.4 is 0 Å². The molecule has 0 fully saturated rings. The summed E-state index contributed by atoms with van der Waals surface area (Å²) in [5.74, 6) is 0. The molecular formula is C5H8N2S. The zero-order chi connectivity index (χ0) is 6.15. The Bertz CT molecular complexity index is 173. The molecule has 0 unspecified atom stereocenters. The van der Waals surface area contributed by atoms with Gasteiger partial charge in [0.25, 0.3) is 0 Å². The molecule has 0 bridgehead atoms. The van der Waals surface area contributed by atoms with Crippen LogP contribution in [-0.4, -0.2) is 9.19 Å². The molecule has 0 N–H and O–H groups in total. The largest absolute Gasteiger partial charge is 0.217 e. The zero-order valence-electron chi connectivity index (χ0n) is 4.92. The molecule has 0 saturated carbocycles. The van der Waals surface area contributed by atoms with Crippen LogP contribution in [0.15, 0.2) is 6.20 Å². The zero-order valence-corrected chi connectivity index (χ0v) is 5.81. The number of aryl methyl sites for hydroxylation is 2. The monoisotopic (exact) mass is 128 g/mol. The highest BCUT2D eigenvalue weighted by molar-refractivity contribution is 7.78. The highest BCUT2D eigenvalue weighted by atomic mass is 32.1. The van der Waals surface area contributed by atoms with Crippen molar-refractivity contribution >= 4 is 12.8 Å². The van der Waals surface area contributed by atoms with Crippen LogP contribution in [0.25, 0.3) is 0 Å². The Morgan fingerprint density at radius 1 is 1.62 bits per heavy atom. The number of thiol groups is 1. The lowest BCUT2D eigenvalue weighted by molar-refractivity contribution is 0.986. The Balaban J connectivity index is 3.14. The Kier molecular flexibility index (Phi) is 1.29. The van der Waals surface area contributed by atoms with Gasteiger partial charge in [0.05, 0.1) is 5.69 Å². The van der Waals surface area contributed by atoms with Crippen molar-refractivity contribution in [2.45, 2.75) is 13.8 Å². The lowest BCUT2D eigenvalue weighted by Gasteiger charge is -1.78. The Morgan fingerprint density at radius 3 is 2.38 bits per heavy atom. The number of nitrogens with zero attached hydrogens (tertiary/aromatic N) is 2. The van der Waals surface area contributed by atoms with Gasteiger partial charge in [-0.15, -0.1) is 0 Å². The number of aromatic nitrogens is 2. The van der Waals surface area contributed by atoms with E-state index in [-0.39, 0.29) is 0 Å². The van der Waals surface area contributed by atoms with Crippen LogP contribution in [0.2, 0.25) is 0 Å². The molecule has 8 heavy (non-hydrogen) atoms. The van der Waals surface area contributed by atoms with E-state index >= 15 is 0 Å². The fraction of sp³-hybridized carbons (Fsp3) is 0.400. The summed E-state index contributed by atoms with van der Waals surface area (Å²) in [5, 5.41) is 3.99. The predicted octanol–water partition coefficient (Wildman–Crippen LogP) is 1.19. The van der Waals surface area contributed by atoms with E-state index in [0.29, 0.717) is 0 Å². The number of rotatable bonds is 0. The second kappa shape index (κ2) is 1.82. The number of hydrogen-bond donors (Lipinski definition) is 1. The fourth-order valence-corrected chi connectivity index (χ4v) is 0.835. The second-order valence-corrected chi connectivity index (χ2v) is 2.23. The van der Waals surface area contributed by atoms with Gasteiger partial charge in [0, 0.05) is 6.20 Å². The smallest absolute Gasteiger partial charge is 0.0633 e. The topological polar surface area (TPSA) is 17.8 Å². The van der Waals surface area contributed by atoms with Crippen LogP contribution in [0.5, 0.6) is 0 Å². The standard InChI is InChI=1S/C5H8N2S/c1-4-3-7(8)6-5(4)2/h3,8H,1-2H3. The van der Waals surface area contributed by atoms with Crippen molar-refractivity contribution in [1.29, 1.82) is 0 Å². The molecule has 0 atom stereocenters. The third kappa shape index (κ3) is 0.865. The van der Waals surface area contributed by atoms with Gasteiger partial charge in [-0.25, -0.2) is 4.09 Å². The molecule has 3 heteroatoms. The molecule has 0 radical (unpaired) electrons. The van der Waals surface area contributed by atoms with Crippen LogP contribution in [0.3, 0.4) is 0 Å². The van der Waals surface area contributed by atoms with Gasteiger partial charge in [-0.2, -0.15) is 5.10 Å². The second-order valence-electron chi connectivity index (χ2n) is 1.82. The quantitative estimate of drug-likeness (QED) is 0.520. The third-order valence-electron chi connectivity index (χ3n) is 1.13. The molecule has 2 nitrogen and oxygen atoms in total. The van der Waals surface area contributed by atoms with E-state index in [1.54, 1.807) is 0 Å². The predicted molar refractivity (Wildman–Crippen MR) is 36.1 cm³/mol. The highest BCUT2D eigenvalue weighted by Gasteiger charge is 1.93. The SMILES string of the molecule is Cc1cn(S)nc1C. The van der Waals surface area contributed by atoms with Gasteiger partial charge in [0.1, 0.15) is 0 Å². The average Bonchev–Trinajstić information content (AvgIpc) is 1.85. The van der Waals surface area contributed by atoms with Crippen molar-refractivity contribution in [3.63, 3.8) is 0 Å². The minimum absolute atomic E-state index is 1.04. The van der Waals surface area contributed by atoms with Crippen LogP contribution in [0, 0.1) is 13.8 Å². The van der Waals surface area contributed by atoms with E-state index in [2.05, 4.69) is 17.9 Å². The summed E-state index contributed by atoms with van der Waals surface area (Å²) in [6.45, 7) is 3.97. The molecule has 1 rings (SSSR count). The van der Waals surface area contributed by atoms with Crippen molar-refractivity contribution in [3.05, 3.63) is 17.5 Å². The third-order valence-corrected chi connectivity index (χ3v) is 1.34. The Morgan fingerprint density at radius 2 is 2.25 bits per heavy atom. The van der Waals surface area contributed by atoms with Crippen molar-refractivity contribution in [1.82, 2.24) is 9.19 Å². The van der Waals surface area contributed by atoms with Gasteiger partial charge < -0.3 is 0 Å². The van der Waals surface area contributed by atoms with Gasteiger partial charge in [0.15, 0.2) is 0 Å². The van der Waals surface area contributed by atoms with Gasteiger partial charge in [0.2, 0.25) is 0 Å². The normalized spacial score (nSPS) is 9.88. The van der Waals surface area contributed by atoms with Crippen LogP contribution in [-0.2, 0) is 0 Å². The van der Waals surface area contributed by atoms with E-state index in [4.69, 9.17) is 0 Å². The van der Waals surface area contributed by atoms with Gasteiger partial charge in [-0.3, -0.25) is 0 Å². The van der Waals surface area contributed by atoms with Crippen molar-refractivity contribution in [3.8, 4) is 0 Å². The minimum atomic E-state index is 1.04. The minimum Gasteiger partial charge on any atom is -0.217 e. The molecule has 1 heterocycles. The highest BCUT2D eigenvalue weighted by Crippen LogP contribution is 2.02. The van der Waals surface area contributed by atoms with Crippen molar-refractivity contribution in [2.75, 3.05) is 0 Å². The summed E-state index contributed by atoms with van der Waals surface area (Å²) < 4.78 is 1.52. The maximum Gasteiger partial charge on any atom is 0.0633 e. The van der Waals surface area contributed by atoms with E-state index in [9.17, 15) is 0 Å². The van der Waals surface area contributed by atoms with E-state index in [1.807, 2.05) is 20.0 Å². The van der Waals surface area contributed by atoms with Crippen LogP contribution >= 0.6 is 12.8 Å². The summed E-state index contributed by atoms with van der Waals surface area (Å²) in [7, 11) is 0. The molecule has 44 valence electrons. The first kappa shape index (κ1) is 5.69. The lowest BCUT2D eigenvalue weighted by Crippen LogP contribution is -1.78. The maximum atomic E-state index is 3.99. The first-order valence-electron chi connectivity index (χ1n) is 2.42. The maximum absolute atomic E-state index is 3.99. The summed E-state index contributed by atoms with van der Waals surface area (Å²) in [5.41, 5.74) is 2.22. The summed E-state index contributed by atoms with van der Waals surface area (Å²) >= 11 is 3.98. The molecule has 0 saturated heterocycles. The molecule has 0 amide bonds. The Hall–Kier alpha value is -0.440. The number of hydrogen-bond acceptors (Lipinski definition) is 2.